The smallest absolute Gasteiger partial charge is 0.248 e. The first-order valence-corrected chi connectivity index (χ1v) is 14.1. The highest BCUT2D eigenvalue weighted by Crippen LogP contribution is 2.31. The number of hydrogen-bond donors (Lipinski definition) is 2. The van der Waals surface area contributed by atoms with Crippen LogP contribution in [0.4, 0.5) is 0 Å². The van der Waals surface area contributed by atoms with Gasteiger partial charge in [0, 0.05) is 43.2 Å². The normalized spacial score (nSPS) is 19.3. The summed E-state index contributed by atoms with van der Waals surface area (Å²) >= 11 is 0. The Labute approximate surface area is 226 Å². The maximum atomic E-state index is 14.3. The zero-order valence-electron chi connectivity index (χ0n) is 22.7. The lowest BCUT2D eigenvalue weighted by molar-refractivity contribution is -0.149. The molecule has 2 unspecified atom stereocenters. The molecule has 7 heteroatoms. The number of piperidine rings is 2. The Kier molecular flexibility index (Phi) is 8.27. The molecule has 2 aromatic carbocycles. The van der Waals surface area contributed by atoms with Gasteiger partial charge in [-0.1, -0.05) is 48.9 Å². The summed E-state index contributed by atoms with van der Waals surface area (Å²) < 4.78 is 0. The molecule has 2 aliphatic rings. The molecule has 0 saturated carbocycles. The van der Waals surface area contributed by atoms with Gasteiger partial charge in [-0.15, -0.1) is 0 Å². The van der Waals surface area contributed by atoms with Gasteiger partial charge in [-0.25, -0.2) is 0 Å². The highest BCUT2D eigenvalue weighted by atomic mass is 16.2. The summed E-state index contributed by atoms with van der Waals surface area (Å²) in [6.45, 7) is 7.69. The van der Waals surface area contributed by atoms with Gasteiger partial charge in [0.05, 0.1) is 12.6 Å². The van der Waals surface area contributed by atoms with Crippen LogP contribution in [0, 0.1) is 6.92 Å². The second-order valence-corrected chi connectivity index (χ2v) is 11.0. The Bertz CT molecular complexity index is 1260. The summed E-state index contributed by atoms with van der Waals surface area (Å²) in [6, 6.07) is 15.3. The maximum Gasteiger partial charge on any atom is 0.248 e. The lowest BCUT2D eigenvalue weighted by Crippen LogP contribution is -2.58. The molecule has 1 aromatic heterocycles. The minimum Gasteiger partial charge on any atom is -0.361 e. The van der Waals surface area contributed by atoms with Crippen molar-refractivity contribution in [2.24, 2.45) is 5.73 Å². The zero-order chi connectivity index (χ0) is 26.6. The van der Waals surface area contributed by atoms with Crippen LogP contribution in [0.5, 0.6) is 0 Å². The molecular weight excluding hydrogens is 474 g/mol. The predicted octanol–water partition coefficient (Wildman–Crippen LogP) is 4.37. The van der Waals surface area contributed by atoms with E-state index in [1.54, 1.807) is 0 Å². The summed E-state index contributed by atoms with van der Waals surface area (Å²) in [7, 11) is 0. The van der Waals surface area contributed by atoms with Gasteiger partial charge in [0.2, 0.25) is 11.8 Å². The number of rotatable bonds is 7. The Balaban J connectivity index is 1.44. The monoisotopic (exact) mass is 515 g/mol. The van der Waals surface area contributed by atoms with Crippen molar-refractivity contribution in [1.29, 1.82) is 0 Å². The number of hydrogen-bond acceptors (Lipinski definition) is 5. The van der Waals surface area contributed by atoms with Gasteiger partial charge in [0.1, 0.15) is 6.04 Å². The first-order chi connectivity index (χ1) is 18.4. The van der Waals surface area contributed by atoms with Crippen LogP contribution in [0.15, 0.2) is 54.7 Å². The van der Waals surface area contributed by atoms with E-state index in [0.29, 0.717) is 6.04 Å². The molecule has 5 rings (SSSR count). The molecule has 3 aromatic rings. The average Bonchev–Trinajstić information content (AvgIpc) is 3.37. The van der Waals surface area contributed by atoms with Gasteiger partial charge in [-0.2, -0.15) is 0 Å². The molecule has 0 radical (unpaired) electrons. The van der Waals surface area contributed by atoms with E-state index < -0.39 is 12.1 Å². The number of aromatic amines is 1. The number of fused-ring (bicyclic) bond motifs is 1. The first-order valence-electron chi connectivity index (χ1n) is 14.1. The fourth-order valence-electron chi connectivity index (χ4n) is 6.35. The number of carbonyl (C=O) groups is 2. The number of H-pyrrole nitrogens is 1. The number of nitrogens with one attached hydrogen (secondary N) is 1. The molecule has 3 heterocycles. The van der Waals surface area contributed by atoms with E-state index in [1.807, 2.05) is 61.7 Å². The van der Waals surface area contributed by atoms with Gasteiger partial charge in [-0.05, 0) is 68.5 Å². The minimum absolute atomic E-state index is 0.213. The van der Waals surface area contributed by atoms with Crippen LogP contribution < -0.4 is 5.73 Å². The van der Waals surface area contributed by atoms with E-state index in [0.717, 1.165) is 53.5 Å². The molecule has 38 heavy (non-hydrogen) atoms. The predicted molar refractivity (Wildman–Crippen MR) is 151 cm³/mol. The number of aromatic nitrogens is 1. The topological polar surface area (TPSA) is 85.7 Å². The Hall–Kier alpha value is -3.00. The van der Waals surface area contributed by atoms with Crippen molar-refractivity contribution in [3.05, 3.63) is 71.4 Å². The standard InChI is InChI=1S/C31H41N5O2/c1-22-10-4-5-11-24(22)21-36(23(2)37)31(38)30(29(32)27-20-33-28-13-7-6-12-26(27)28)35-18-14-25(15-19-35)34-16-8-3-9-17-34/h4-7,10-13,20,25,29-30,33H,3,8-9,14-19,21,32H2,1-2H3. The number of nitrogens with two attached hydrogens (primary N) is 1. The van der Waals surface area contributed by atoms with Crippen molar-refractivity contribution < 1.29 is 9.59 Å². The van der Waals surface area contributed by atoms with E-state index >= 15 is 0 Å². The van der Waals surface area contributed by atoms with Crippen molar-refractivity contribution in [1.82, 2.24) is 19.7 Å². The third-order valence-electron chi connectivity index (χ3n) is 8.61. The molecule has 7 nitrogen and oxygen atoms in total. The summed E-state index contributed by atoms with van der Waals surface area (Å²) in [6.07, 6.45) is 7.84. The lowest BCUT2D eigenvalue weighted by atomic mass is 9.93. The van der Waals surface area contributed by atoms with Gasteiger partial charge in [-0.3, -0.25) is 19.4 Å². The van der Waals surface area contributed by atoms with Crippen molar-refractivity contribution in [2.45, 2.75) is 70.6 Å². The maximum absolute atomic E-state index is 14.3. The van der Waals surface area contributed by atoms with Crippen LogP contribution in [0.1, 0.15) is 61.8 Å². The largest absolute Gasteiger partial charge is 0.361 e. The van der Waals surface area contributed by atoms with Crippen LogP contribution in [0.3, 0.4) is 0 Å². The Morgan fingerprint density at radius 2 is 1.68 bits per heavy atom. The van der Waals surface area contributed by atoms with E-state index in [4.69, 9.17) is 5.73 Å². The molecule has 2 fully saturated rings. The summed E-state index contributed by atoms with van der Waals surface area (Å²) in [5.74, 6) is -0.465. The third-order valence-corrected chi connectivity index (χ3v) is 8.61. The molecule has 3 N–H and O–H groups in total. The van der Waals surface area contributed by atoms with Crippen LogP contribution in [0.25, 0.3) is 10.9 Å². The van der Waals surface area contributed by atoms with Crippen LogP contribution in [0.2, 0.25) is 0 Å². The van der Waals surface area contributed by atoms with E-state index in [2.05, 4.69) is 14.8 Å². The zero-order valence-corrected chi connectivity index (χ0v) is 22.7. The van der Waals surface area contributed by atoms with E-state index in [9.17, 15) is 9.59 Å². The Morgan fingerprint density at radius 1 is 1.00 bits per heavy atom. The quantitative estimate of drug-likeness (QED) is 0.488. The van der Waals surface area contributed by atoms with Gasteiger partial charge in [0.25, 0.3) is 0 Å². The molecule has 2 atom stereocenters. The SMILES string of the molecule is CC(=O)N(Cc1ccccc1C)C(=O)C(C(N)c1c[nH]c2ccccc12)N1CCC(N2CCCCC2)CC1. The van der Waals surface area contributed by atoms with Gasteiger partial charge < -0.3 is 15.6 Å². The van der Waals surface area contributed by atoms with Gasteiger partial charge >= 0.3 is 0 Å². The van der Waals surface area contributed by atoms with Crippen molar-refractivity contribution in [3.8, 4) is 0 Å². The highest BCUT2D eigenvalue weighted by molar-refractivity contribution is 5.98. The molecule has 202 valence electrons. The molecular formula is C31H41N5O2. The van der Waals surface area contributed by atoms with Crippen molar-refractivity contribution in [2.75, 3.05) is 26.2 Å². The first kappa shape index (κ1) is 26.6. The summed E-state index contributed by atoms with van der Waals surface area (Å²) in [4.78, 5) is 36.8. The minimum atomic E-state index is -0.621. The number of benzene rings is 2. The second-order valence-electron chi connectivity index (χ2n) is 11.0. The van der Waals surface area contributed by atoms with Crippen molar-refractivity contribution in [3.63, 3.8) is 0 Å². The molecule has 2 aliphatic heterocycles. The van der Waals surface area contributed by atoms with E-state index in [1.165, 1.54) is 44.2 Å². The third kappa shape index (κ3) is 5.55. The molecule has 2 amide bonds. The number of para-hydroxylation sites is 1. The number of aryl methyl sites for hydroxylation is 1. The summed E-state index contributed by atoms with van der Waals surface area (Å²) in [5, 5.41) is 1.02. The van der Waals surface area contributed by atoms with Gasteiger partial charge in [0.15, 0.2) is 0 Å². The number of likely N-dealkylation sites (tertiary alicyclic amines) is 2. The number of imide groups is 1. The summed E-state index contributed by atoms with van der Waals surface area (Å²) in [5.41, 5.74) is 10.9. The molecule has 0 spiro atoms. The lowest BCUT2D eigenvalue weighted by Gasteiger charge is -2.44. The number of carbonyl (C=O) groups excluding carboxylic acids is 2. The van der Waals surface area contributed by atoms with Crippen LogP contribution in [-0.4, -0.2) is 69.8 Å². The van der Waals surface area contributed by atoms with Crippen LogP contribution in [-0.2, 0) is 16.1 Å². The molecule has 2 saturated heterocycles. The fraction of sp³-hybridized carbons (Fsp3) is 0.484. The van der Waals surface area contributed by atoms with E-state index in [-0.39, 0.29) is 18.4 Å². The number of nitrogens with zero attached hydrogens (tertiary/aromatic N) is 3. The fourth-order valence-corrected chi connectivity index (χ4v) is 6.35. The number of amides is 2. The highest BCUT2D eigenvalue weighted by Gasteiger charge is 2.40. The molecule has 0 bridgehead atoms. The molecule has 0 aliphatic carbocycles. The Morgan fingerprint density at radius 3 is 2.39 bits per heavy atom. The van der Waals surface area contributed by atoms with Crippen LogP contribution >= 0.6 is 0 Å². The van der Waals surface area contributed by atoms with Crippen molar-refractivity contribution >= 4 is 22.7 Å². The second kappa shape index (κ2) is 11.8. The average molecular weight is 516 g/mol.